The average Bonchev–Trinajstić information content (AvgIpc) is 2.38. The summed E-state index contributed by atoms with van der Waals surface area (Å²) in [7, 11) is 1.77. The van der Waals surface area contributed by atoms with E-state index in [4.69, 9.17) is 16.3 Å². The highest BCUT2D eigenvalue weighted by molar-refractivity contribution is 6.29. The van der Waals surface area contributed by atoms with E-state index in [-0.39, 0.29) is 0 Å². The molecule has 18 heavy (non-hydrogen) atoms. The molecule has 1 aromatic rings. The molecule has 0 radical (unpaired) electrons. The van der Waals surface area contributed by atoms with Crippen LogP contribution in [-0.4, -0.2) is 36.3 Å². The Balaban J connectivity index is 2.16. The molecule has 2 rings (SSSR count). The van der Waals surface area contributed by atoms with E-state index in [9.17, 15) is 0 Å². The smallest absolute Gasteiger partial charge is 0.134 e. The number of piperidine rings is 1. The zero-order valence-electron chi connectivity index (χ0n) is 11.0. The number of halogens is 1. The number of nitrogens with zero attached hydrogens (tertiary/aromatic N) is 3. The third-order valence-electron chi connectivity index (χ3n) is 3.24. The standard InChI is InChI=1S/C13H20ClN3O/c1-3-5-12-15-11(14)8-13(16-12)17-7-4-6-10(9-17)18-2/h8,10H,3-7,9H2,1-2H3. The molecule has 0 saturated carbocycles. The van der Waals surface area contributed by atoms with Gasteiger partial charge in [-0.1, -0.05) is 18.5 Å². The first-order valence-corrected chi connectivity index (χ1v) is 6.92. The quantitative estimate of drug-likeness (QED) is 0.788. The molecule has 4 nitrogen and oxygen atoms in total. The topological polar surface area (TPSA) is 38.2 Å². The minimum Gasteiger partial charge on any atom is -0.380 e. The Labute approximate surface area is 113 Å². The second-order valence-electron chi connectivity index (χ2n) is 4.66. The van der Waals surface area contributed by atoms with Crippen LogP contribution in [0.1, 0.15) is 32.0 Å². The number of ether oxygens (including phenoxy) is 1. The number of hydrogen-bond acceptors (Lipinski definition) is 4. The molecule has 100 valence electrons. The van der Waals surface area contributed by atoms with Gasteiger partial charge in [0.1, 0.15) is 16.8 Å². The van der Waals surface area contributed by atoms with Crippen molar-refractivity contribution in [1.29, 1.82) is 0 Å². The van der Waals surface area contributed by atoms with Crippen LogP contribution in [-0.2, 0) is 11.2 Å². The van der Waals surface area contributed by atoms with Crippen LogP contribution < -0.4 is 4.90 Å². The van der Waals surface area contributed by atoms with Gasteiger partial charge in [0.05, 0.1) is 6.10 Å². The van der Waals surface area contributed by atoms with E-state index in [1.165, 1.54) is 0 Å². The second-order valence-corrected chi connectivity index (χ2v) is 5.05. The summed E-state index contributed by atoms with van der Waals surface area (Å²) >= 11 is 6.07. The number of anilines is 1. The van der Waals surface area contributed by atoms with Gasteiger partial charge in [-0.2, -0.15) is 0 Å². The number of methoxy groups -OCH3 is 1. The summed E-state index contributed by atoms with van der Waals surface area (Å²) < 4.78 is 5.43. The third kappa shape index (κ3) is 3.33. The highest BCUT2D eigenvalue weighted by Gasteiger charge is 2.21. The minimum atomic E-state index is 0.294. The van der Waals surface area contributed by atoms with E-state index in [2.05, 4.69) is 21.8 Å². The fourth-order valence-corrected chi connectivity index (χ4v) is 2.48. The summed E-state index contributed by atoms with van der Waals surface area (Å²) in [6.07, 6.45) is 4.44. The first-order valence-electron chi connectivity index (χ1n) is 6.54. The zero-order chi connectivity index (χ0) is 13.0. The van der Waals surface area contributed by atoms with Gasteiger partial charge in [-0.3, -0.25) is 0 Å². The van der Waals surface area contributed by atoms with Gasteiger partial charge >= 0.3 is 0 Å². The van der Waals surface area contributed by atoms with Crippen molar-refractivity contribution in [2.24, 2.45) is 0 Å². The van der Waals surface area contributed by atoms with E-state index in [0.717, 1.165) is 50.4 Å². The number of aromatic nitrogens is 2. The van der Waals surface area contributed by atoms with Crippen molar-refractivity contribution in [2.75, 3.05) is 25.1 Å². The van der Waals surface area contributed by atoms with Crippen LogP contribution in [0.3, 0.4) is 0 Å². The summed E-state index contributed by atoms with van der Waals surface area (Å²) in [4.78, 5) is 11.1. The molecule has 0 aromatic carbocycles. The Morgan fingerprint density at radius 1 is 1.50 bits per heavy atom. The number of aryl methyl sites for hydroxylation is 1. The molecule has 1 aromatic heterocycles. The largest absolute Gasteiger partial charge is 0.380 e. The molecule has 0 aliphatic carbocycles. The third-order valence-corrected chi connectivity index (χ3v) is 3.43. The number of hydrogen-bond donors (Lipinski definition) is 0. The van der Waals surface area contributed by atoms with Gasteiger partial charge < -0.3 is 9.64 Å². The summed E-state index contributed by atoms with van der Waals surface area (Å²) in [5.74, 6) is 1.76. The van der Waals surface area contributed by atoms with Gasteiger partial charge in [-0.05, 0) is 19.3 Å². The molecule has 1 unspecified atom stereocenters. The molecular formula is C13H20ClN3O. The second kappa shape index (κ2) is 6.34. The molecule has 0 spiro atoms. The van der Waals surface area contributed by atoms with Crippen LogP contribution in [0, 0.1) is 0 Å². The molecule has 0 bridgehead atoms. The van der Waals surface area contributed by atoms with Crippen molar-refractivity contribution in [3.05, 3.63) is 17.0 Å². The van der Waals surface area contributed by atoms with E-state index in [1.807, 2.05) is 6.07 Å². The van der Waals surface area contributed by atoms with E-state index in [0.29, 0.717) is 11.3 Å². The van der Waals surface area contributed by atoms with Gasteiger partial charge in [0, 0.05) is 32.7 Å². The van der Waals surface area contributed by atoms with Crippen molar-refractivity contribution in [2.45, 2.75) is 38.7 Å². The predicted octanol–water partition coefficient (Wildman–Crippen LogP) is 2.70. The molecule has 0 amide bonds. The maximum absolute atomic E-state index is 6.07. The van der Waals surface area contributed by atoms with Gasteiger partial charge in [-0.25, -0.2) is 9.97 Å². The summed E-state index contributed by atoms with van der Waals surface area (Å²) in [5, 5.41) is 0.531. The van der Waals surface area contributed by atoms with Crippen molar-refractivity contribution < 1.29 is 4.74 Å². The van der Waals surface area contributed by atoms with Gasteiger partial charge in [-0.15, -0.1) is 0 Å². The SMILES string of the molecule is CCCc1nc(Cl)cc(N2CCCC(OC)C2)n1. The molecule has 1 aliphatic rings. The van der Waals surface area contributed by atoms with Crippen LogP contribution >= 0.6 is 11.6 Å². The lowest BCUT2D eigenvalue weighted by atomic mass is 10.1. The van der Waals surface area contributed by atoms with Gasteiger partial charge in [0.15, 0.2) is 0 Å². The predicted molar refractivity (Wildman–Crippen MR) is 73.3 cm³/mol. The lowest BCUT2D eigenvalue weighted by Gasteiger charge is -2.32. The van der Waals surface area contributed by atoms with Crippen LogP contribution in [0.5, 0.6) is 0 Å². The van der Waals surface area contributed by atoms with E-state index in [1.54, 1.807) is 7.11 Å². The summed E-state index contributed by atoms with van der Waals surface area (Å²) in [6.45, 7) is 4.01. The van der Waals surface area contributed by atoms with Gasteiger partial charge in [0.2, 0.25) is 0 Å². The molecule has 0 N–H and O–H groups in total. The Morgan fingerprint density at radius 2 is 2.33 bits per heavy atom. The van der Waals surface area contributed by atoms with Crippen LogP contribution in [0.25, 0.3) is 0 Å². The maximum atomic E-state index is 6.07. The molecule has 1 fully saturated rings. The highest BCUT2D eigenvalue weighted by atomic mass is 35.5. The number of rotatable bonds is 4. The normalized spacial score (nSPS) is 20.2. The zero-order valence-corrected chi connectivity index (χ0v) is 11.8. The monoisotopic (exact) mass is 269 g/mol. The fourth-order valence-electron chi connectivity index (χ4n) is 2.29. The van der Waals surface area contributed by atoms with E-state index >= 15 is 0 Å². The Bertz CT molecular complexity index is 400. The minimum absolute atomic E-state index is 0.294. The molecule has 1 atom stereocenters. The van der Waals surface area contributed by atoms with Crippen LogP contribution in [0.15, 0.2) is 6.07 Å². The lowest BCUT2D eigenvalue weighted by Crippen LogP contribution is -2.39. The first kappa shape index (κ1) is 13.6. The molecule has 5 heteroatoms. The van der Waals surface area contributed by atoms with E-state index < -0.39 is 0 Å². The lowest BCUT2D eigenvalue weighted by molar-refractivity contribution is 0.0891. The molecule has 1 saturated heterocycles. The Kier molecular flexibility index (Phi) is 4.78. The molecular weight excluding hydrogens is 250 g/mol. The van der Waals surface area contributed by atoms with Crippen LogP contribution in [0.2, 0.25) is 5.15 Å². The van der Waals surface area contributed by atoms with Crippen molar-refractivity contribution >= 4 is 17.4 Å². The maximum Gasteiger partial charge on any atom is 0.134 e. The van der Waals surface area contributed by atoms with Gasteiger partial charge in [0.25, 0.3) is 0 Å². The average molecular weight is 270 g/mol. The first-order chi connectivity index (χ1) is 8.72. The van der Waals surface area contributed by atoms with Crippen molar-refractivity contribution in [3.63, 3.8) is 0 Å². The highest BCUT2D eigenvalue weighted by Crippen LogP contribution is 2.22. The Hall–Kier alpha value is -0.870. The van der Waals surface area contributed by atoms with Crippen LogP contribution in [0.4, 0.5) is 5.82 Å². The molecule has 1 aliphatic heterocycles. The Morgan fingerprint density at radius 3 is 3.06 bits per heavy atom. The van der Waals surface area contributed by atoms with Crippen molar-refractivity contribution in [3.8, 4) is 0 Å². The van der Waals surface area contributed by atoms with Crippen molar-refractivity contribution in [1.82, 2.24) is 9.97 Å². The summed E-state index contributed by atoms with van der Waals surface area (Å²) in [5.41, 5.74) is 0. The summed E-state index contributed by atoms with van der Waals surface area (Å²) in [6, 6.07) is 1.85. The molecule has 2 heterocycles. The fraction of sp³-hybridized carbons (Fsp3) is 0.692.